The molecule has 0 bridgehead atoms. The number of nitrogens with zero attached hydrogens (tertiary/aromatic N) is 1. The highest BCUT2D eigenvalue weighted by atomic mass is 79.9. The first-order valence-corrected chi connectivity index (χ1v) is 8.55. The molecule has 5 nitrogen and oxygen atoms in total. The van der Waals surface area contributed by atoms with Gasteiger partial charge in [0.05, 0.1) is 5.56 Å². The number of hydrogen-bond donors (Lipinski definition) is 2. The van der Waals surface area contributed by atoms with Crippen molar-refractivity contribution in [1.29, 1.82) is 0 Å². The lowest BCUT2D eigenvalue weighted by molar-refractivity contribution is -0.121. The van der Waals surface area contributed by atoms with Gasteiger partial charge in [-0.05, 0) is 37.5 Å². The van der Waals surface area contributed by atoms with E-state index >= 15 is 0 Å². The second-order valence-corrected chi connectivity index (χ2v) is 6.53. The van der Waals surface area contributed by atoms with Crippen molar-refractivity contribution < 1.29 is 14.0 Å². The van der Waals surface area contributed by atoms with Crippen LogP contribution in [0.1, 0.15) is 36.0 Å². The number of amides is 2. The summed E-state index contributed by atoms with van der Waals surface area (Å²) in [5, 5.41) is 2.80. The van der Waals surface area contributed by atoms with Crippen molar-refractivity contribution in [1.82, 2.24) is 10.2 Å². The first-order chi connectivity index (χ1) is 11.0. The van der Waals surface area contributed by atoms with Crippen LogP contribution in [-0.4, -0.2) is 42.4 Å². The minimum atomic E-state index is -0.533. The highest BCUT2D eigenvalue weighted by Crippen LogP contribution is 2.22. The molecule has 1 aliphatic heterocycles. The average molecular weight is 423 g/mol. The van der Waals surface area contributed by atoms with Gasteiger partial charge >= 0.3 is 0 Å². The molecule has 1 atom stereocenters. The van der Waals surface area contributed by atoms with E-state index in [2.05, 4.69) is 21.2 Å². The van der Waals surface area contributed by atoms with E-state index in [1.54, 1.807) is 11.0 Å². The van der Waals surface area contributed by atoms with E-state index in [9.17, 15) is 14.0 Å². The average Bonchev–Trinajstić information content (AvgIpc) is 2.55. The van der Waals surface area contributed by atoms with Crippen LogP contribution in [0.5, 0.6) is 0 Å². The second kappa shape index (κ2) is 9.96. The minimum absolute atomic E-state index is 0. The third kappa shape index (κ3) is 5.43. The molecule has 1 aromatic carbocycles. The number of likely N-dealkylation sites (tertiary alicyclic amines) is 1. The molecular weight excluding hydrogens is 401 g/mol. The Morgan fingerprint density at radius 2 is 2.12 bits per heavy atom. The van der Waals surface area contributed by atoms with E-state index in [0.717, 1.165) is 19.3 Å². The van der Waals surface area contributed by atoms with Crippen LogP contribution in [0.2, 0.25) is 0 Å². The molecule has 8 heteroatoms. The van der Waals surface area contributed by atoms with E-state index in [0.29, 0.717) is 24.1 Å². The Balaban J connectivity index is 0.00000288. The SMILES string of the molecule is Cl.NCCC(=O)NCC1CCCCN1C(=O)c1cc(Br)ccc1F. The maximum absolute atomic E-state index is 14.0. The number of hydrogen-bond acceptors (Lipinski definition) is 3. The predicted octanol–water partition coefficient (Wildman–Crippen LogP) is 2.47. The lowest BCUT2D eigenvalue weighted by atomic mass is 10.0. The number of nitrogens with one attached hydrogen (secondary N) is 1. The van der Waals surface area contributed by atoms with Crippen molar-refractivity contribution in [2.75, 3.05) is 19.6 Å². The van der Waals surface area contributed by atoms with Crippen molar-refractivity contribution in [3.8, 4) is 0 Å². The van der Waals surface area contributed by atoms with E-state index in [-0.39, 0.29) is 42.2 Å². The summed E-state index contributed by atoms with van der Waals surface area (Å²) in [7, 11) is 0. The van der Waals surface area contributed by atoms with Crippen LogP contribution in [0.15, 0.2) is 22.7 Å². The molecule has 24 heavy (non-hydrogen) atoms. The summed E-state index contributed by atoms with van der Waals surface area (Å²) in [6, 6.07) is 4.22. The van der Waals surface area contributed by atoms with Crippen molar-refractivity contribution in [2.45, 2.75) is 31.7 Å². The molecule has 0 spiro atoms. The van der Waals surface area contributed by atoms with Crippen molar-refractivity contribution >= 4 is 40.2 Å². The molecule has 2 amide bonds. The Labute approximate surface area is 155 Å². The standard InChI is InChI=1S/C16H21BrFN3O2.ClH/c17-11-4-5-14(18)13(9-11)16(23)21-8-2-1-3-12(21)10-20-15(22)6-7-19;/h4-5,9,12H,1-3,6-8,10,19H2,(H,20,22);1H. The summed E-state index contributed by atoms with van der Waals surface area (Å²) in [6.45, 7) is 1.24. The van der Waals surface area contributed by atoms with Gasteiger partial charge in [0.15, 0.2) is 0 Å². The Kier molecular flexibility index (Phi) is 8.66. The third-order valence-electron chi connectivity index (χ3n) is 3.95. The molecule has 0 saturated carbocycles. The number of rotatable bonds is 5. The Morgan fingerprint density at radius 1 is 1.38 bits per heavy atom. The lowest BCUT2D eigenvalue weighted by Gasteiger charge is -2.36. The van der Waals surface area contributed by atoms with Crippen LogP contribution in [0.4, 0.5) is 4.39 Å². The normalized spacial score (nSPS) is 17.1. The molecule has 1 heterocycles. The van der Waals surface area contributed by atoms with E-state index in [1.807, 2.05) is 0 Å². The van der Waals surface area contributed by atoms with Gasteiger partial charge in [0.1, 0.15) is 5.82 Å². The lowest BCUT2D eigenvalue weighted by Crippen LogP contribution is -2.49. The largest absolute Gasteiger partial charge is 0.354 e. The number of piperidine rings is 1. The van der Waals surface area contributed by atoms with Gasteiger partial charge in [0.25, 0.3) is 5.91 Å². The number of benzene rings is 1. The molecule has 2 rings (SSSR count). The zero-order chi connectivity index (χ0) is 16.8. The molecular formula is C16H22BrClFN3O2. The zero-order valence-electron chi connectivity index (χ0n) is 13.3. The molecule has 3 N–H and O–H groups in total. The molecule has 134 valence electrons. The van der Waals surface area contributed by atoms with Gasteiger partial charge in [-0.2, -0.15) is 0 Å². The van der Waals surface area contributed by atoms with E-state index in [1.165, 1.54) is 12.1 Å². The quantitative estimate of drug-likeness (QED) is 0.765. The number of halogens is 3. The summed E-state index contributed by atoms with van der Waals surface area (Å²) < 4.78 is 14.6. The zero-order valence-corrected chi connectivity index (χ0v) is 15.7. The van der Waals surface area contributed by atoms with Gasteiger partial charge in [-0.1, -0.05) is 15.9 Å². The Hall–Kier alpha value is -1.18. The van der Waals surface area contributed by atoms with Crippen LogP contribution < -0.4 is 11.1 Å². The van der Waals surface area contributed by atoms with Gasteiger partial charge in [-0.25, -0.2) is 4.39 Å². The third-order valence-corrected chi connectivity index (χ3v) is 4.45. The summed E-state index contributed by atoms with van der Waals surface area (Å²) in [5.41, 5.74) is 5.40. The van der Waals surface area contributed by atoms with Crippen LogP contribution in [0.25, 0.3) is 0 Å². The van der Waals surface area contributed by atoms with Gasteiger partial charge in [-0.15, -0.1) is 12.4 Å². The molecule has 0 aliphatic carbocycles. The fraction of sp³-hybridized carbons (Fsp3) is 0.500. The summed E-state index contributed by atoms with van der Waals surface area (Å²) >= 11 is 3.26. The molecule has 1 fully saturated rings. The minimum Gasteiger partial charge on any atom is -0.354 e. The highest BCUT2D eigenvalue weighted by Gasteiger charge is 2.29. The molecule has 1 aliphatic rings. The Morgan fingerprint density at radius 3 is 2.83 bits per heavy atom. The monoisotopic (exact) mass is 421 g/mol. The molecule has 0 radical (unpaired) electrons. The maximum atomic E-state index is 14.0. The number of nitrogens with two attached hydrogens (primary N) is 1. The first-order valence-electron chi connectivity index (χ1n) is 7.75. The predicted molar refractivity (Wildman–Crippen MR) is 96.7 cm³/mol. The topological polar surface area (TPSA) is 75.4 Å². The van der Waals surface area contributed by atoms with Crippen LogP contribution >= 0.6 is 28.3 Å². The molecule has 0 aromatic heterocycles. The fourth-order valence-electron chi connectivity index (χ4n) is 2.75. The number of carbonyl (C=O) groups excluding carboxylic acids is 2. The molecule has 1 saturated heterocycles. The van der Waals surface area contributed by atoms with Crippen LogP contribution in [0, 0.1) is 5.82 Å². The smallest absolute Gasteiger partial charge is 0.257 e. The highest BCUT2D eigenvalue weighted by molar-refractivity contribution is 9.10. The van der Waals surface area contributed by atoms with Gasteiger partial charge in [0.2, 0.25) is 5.91 Å². The molecule has 1 aromatic rings. The fourth-order valence-corrected chi connectivity index (χ4v) is 3.11. The first kappa shape index (κ1) is 20.9. The van der Waals surface area contributed by atoms with Crippen LogP contribution in [-0.2, 0) is 4.79 Å². The van der Waals surface area contributed by atoms with Gasteiger partial charge < -0.3 is 16.0 Å². The summed E-state index contributed by atoms with van der Waals surface area (Å²) in [5.74, 6) is -0.990. The van der Waals surface area contributed by atoms with Crippen LogP contribution in [0.3, 0.4) is 0 Å². The van der Waals surface area contributed by atoms with E-state index < -0.39 is 5.82 Å². The van der Waals surface area contributed by atoms with Crippen molar-refractivity contribution in [3.05, 3.63) is 34.1 Å². The van der Waals surface area contributed by atoms with Crippen molar-refractivity contribution in [2.24, 2.45) is 5.73 Å². The van der Waals surface area contributed by atoms with Gasteiger partial charge in [0, 0.05) is 36.6 Å². The summed E-state index contributed by atoms with van der Waals surface area (Å²) in [4.78, 5) is 25.9. The van der Waals surface area contributed by atoms with Gasteiger partial charge in [-0.3, -0.25) is 9.59 Å². The number of carbonyl (C=O) groups is 2. The Bertz CT molecular complexity index is 588. The summed E-state index contributed by atoms with van der Waals surface area (Å²) in [6.07, 6.45) is 2.93. The second-order valence-electron chi connectivity index (χ2n) is 5.62. The van der Waals surface area contributed by atoms with Crippen molar-refractivity contribution in [3.63, 3.8) is 0 Å². The van der Waals surface area contributed by atoms with E-state index in [4.69, 9.17) is 5.73 Å². The molecule has 1 unspecified atom stereocenters. The maximum Gasteiger partial charge on any atom is 0.257 e.